The van der Waals surface area contributed by atoms with Crippen molar-refractivity contribution in [2.45, 2.75) is 51.9 Å². The van der Waals surface area contributed by atoms with Gasteiger partial charge in [0, 0.05) is 56.0 Å². The zero-order chi connectivity index (χ0) is 21.1. The van der Waals surface area contributed by atoms with Crippen LogP contribution in [-0.4, -0.2) is 46.4 Å². The second kappa shape index (κ2) is 9.09. The maximum absolute atomic E-state index is 13.7. The van der Waals surface area contributed by atoms with Crippen LogP contribution >= 0.6 is 0 Å². The summed E-state index contributed by atoms with van der Waals surface area (Å²) in [4.78, 5) is 14.5. The van der Waals surface area contributed by atoms with Gasteiger partial charge < -0.3 is 15.4 Å². The van der Waals surface area contributed by atoms with Gasteiger partial charge in [0.1, 0.15) is 11.6 Å². The Hall–Kier alpha value is -2.52. The van der Waals surface area contributed by atoms with Crippen molar-refractivity contribution in [3.05, 3.63) is 46.8 Å². The number of piperidine rings is 1. The molecule has 2 aliphatic heterocycles. The van der Waals surface area contributed by atoms with E-state index < -0.39 is 17.7 Å². The lowest BCUT2D eigenvalue weighted by Crippen LogP contribution is -2.45. The number of hydrogen-bond acceptors (Lipinski definition) is 4. The highest BCUT2D eigenvalue weighted by atomic mass is 19.1. The summed E-state index contributed by atoms with van der Waals surface area (Å²) in [7, 11) is 0. The van der Waals surface area contributed by atoms with E-state index in [0.29, 0.717) is 6.61 Å². The average Bonchev–Trinajstić information content (AvgIpc) is 3.10. The SMILES string of the molecule is CCn1nc(CN2CCC(NC(=O)Nc3cc(F)ccc3F)CC2)c2c1CCOC2. The fraction of sp³-hybridized carbons (Fsp3) is 0.524. The molecule has 2 aromatic rings. The van der Waals surface area contributed by atoms with Crippen LogP contribution in [0.1, 0.15) is 36.7 Å². The topological polar surface area (TPSA) is 71.4 Å². The number of aryl methyl sites for hydroxylation is 1. The molecule has 30 heavy (non-hydrogen) atoms. The molecular formula is C21H27F2N5O2. The molecule has 0 radical (unpaired) electrons. The average molecular weight is 419 g/mol. The molecule has 2 amide bonds. The first-order valence-corrected chi connectivity index (χ1v) is 10.4. The fourth-order valence-electron chi connectivity index (χ4n) is 4.15. The van der Waals surface area contributed by atoms with Crippen LogP contribution in [0.15, 0.2) is 18.2 Å². The molecule has 1 aromatic carbocycles. The zero-order valence-corrected chi connectivity index (χ0v) is 17.1. The normalized spacial score (nSPS) is 17.6. The largest absolute Gasteiger partial charge is 0.376 e. The van der Waals surface area contributed by atoms with E-state index in [1.165, 1.54) is 11.3 Å². The molecule has 0 atom stereocenters. The van der Waals surface area contributed by atoms with Gasteiger partial charge in [-0.3, -0.25) is 9.58 Å². The Morgan fingerprint density at radius 3 is 2.87 bits per heavy atom. The van der Waals surface area contributed by atoms with Gasteiger partial charge in [0.15, 0.2) is 0 Å². The van der Waals surface area contributed by atoms with Crippen molar-refractivity contribution in [3.63, 3.8) is 0 Å². The molecule has 162 valence electrons. The number of carbonyl (C=O) groups is 1. The standard InChI is InChI=1S/C21H27F2N5O2/c1-2-28-20-7-10-30-13-16(20)19(26-28)12-27-8-5-15(6-9-27)24-21(29)25-18-11-14(22)3-4-17(18)23/h3-4,11,15H,2,5-10,12-13H2,1H3,(H2,24,25,29). The van der Waals surface area contributed by atoms with Crippen molar-refractivity contribution in [2.75, 3.05) is 25.0 Å². The van der Waals surface area contributed by atoms with Gasteiger partial charge >= 0.3 is 6.03 Å². The quantitative estimate of drug-likeness (QED) is 0.782. The lowest BCUT2D eigenvalue weighted by Gasteiger charge is -2.32. The van der Waals surface area contributed by atoms with Crippen molar-refractivity contribution >= 4 is 11.7 Å². The molecule has 1 saturated heterocycles. The van der Waals surface area contributed by atoms with Crippen LogP contribution in [-0.2, 0) is 30.9 Å². The van der Waals surface area contributed by atoms with Crippen LogP contribution in [0.25, 0.3) is 0 Å². The number of likely N-dealkylation sites (tertiary alicyclic amines) is 1. The predicted molar refractivity (Wildman–Crippen MR) is 108 cm³/mol. The number of urea groups is 1. The van der Waals surface area contributed by atoms with Gasteiger partial charge in [0.05, 0.1) is 24.6 Å². The number of nitrogens with zero attached hydrogens (tertiary/aromatic N) is 3. The van der Waals surface area contributed by atoms with Crippen molar-refractivity contribution < 1.29 is 18.3 Å². The summed E-state index contributed by atoms with van der Waals surface area (Å²) in [5.74, 6) is -1.27. The third-order valence-electron chi connectivity index (χ3n) is 5.75. The molecule has 1 fully saturated rings. The molecule has 0 aliphatic carbocycles. The van der Waals surface area contributed by atoms with Crippen LogP contribution in [0, 0.1) is 11.6 Å². The number of anilines is 1. The van der Waals surface area contributed by atoms with Gasteiger partial charge in [-0.05, 0) is 31.9 Å². The van der Waals surface area contributed by atoms with E-state index in [0.717, 1.165) is 75.9 Å². The van der Waals surface area contributed by atoms with Gasteiger partial charge in [-0.25, -0.2) is 13.6 Å². The molecule has 7 nitrogen and oxygen atoms in total. The molecule has 4 rings (SSSR count). The highest BCUT2D eigenvalue weighted by molar-refractivity contribution is 5.89. The molecule has 0 bridgehead atoms. The van der Waals surface area contributed by atoms with E-state index in [9.17, 15) is 13.6 Å². The molecule has 3 heterocycles. The molecule has 0 unspecified atom stereocenters. The summed E-state index contributed by atoms with van der Waals surface area (Å²) in [5, 5.41) is 10.0. The van der Waals surface area contributed by atoms with Crippen LogP contribution in [0.3, 0.4) is 0 Å². The first-order valence-electron chi connectivity index (χ1n) is 10.4. The van der Waals surface area contributed by atoms with E-state index in [4.69, 9.17) is 9.84 Å². The molecule has 1 aromatic heterocycles. The van der Waals surface area contributed by atoms with Crippen molar-refractivity contribution in [3.8, 4) is 0 Å². The van der Waals surface area contributed by atoms with Crippen molar-refractivity contribution in [1.82, 2.24) is 20.0 Å². The highest BCUT2D eigenvalue weighted by Crippen LogP contribution is 2.23. The van der Waals surface area contributed by atoms with Gasteiger partial charge in [-0.1, -0.05) is 0 Å². The van der Waals surface area contributed by atoms with Gasteiger partial charge in [0.2, 0.25) is 0 Å². The van der Waals surface area contributed by atoms with E-state index in [2.05, 4.69) is 27.1 Å². The molecule has 0 saturated carbocycles. The fourth-order valence-corrected chi connectivity index (χ4v) is 4.15. The monoisotopic (exact) mass is 419 g/mol. The van der Waals surface area contributed by atoms with E-state index in [-0.39, 0.29) is 11.7 Å². The molecular weight excluding hydrogens is 392 g/mol. The van der Waals surface area contributed by atoms with Crippen LogP contribution in [0.4, 0.5) is 19.3 Å². The lowest BCUT2D eigenvalue weighted by atomic mass is 10.0. The maximum Gasteiger partial charge on any atom is 0.319 e. The van der Waals surface area contributed by atoms with Crippen LogP contribution in [0.2, 0.25) is 0 Å². The second-order valence-electron chi connectivity index (χ2n) is 7.76. The number of ether oxygens (including phenoxy) is 1. The number of fused-ring (bicyclic) bond motifs is 1. The third kappa shape index (κ3) is 4.62. The number of hydrogen-bond donors (Lipinski definition) is 2. The van der Waals surface area contributed by atoms with Crippen LogP contribution in [0.5, 0.6) is 0 Å². The molecule has 2 N–H and O–H groups in total. The Morgan fingerprint density at radius 1 is 1.30 bits per heavy atom. The predicted octanol–water partition coefficient (Wildman–Crippen LogP) is 3.04. The summed E-state index contributed by atoms with van der Waals surface area (Å²) in [5.41, 5.74) is 3.43. The number of amides is 2. The Bertz CT molecular complexity index is 909. The minimum Gasteiger partial charge on any atom is -0.376 e. The first-order chi connectivity index (χ1) is 14.5. The number of carbonyl (C=O) groups excluding carboxylic acids is 1. The smallest absolute Gasteiger partial charge is 0.319 e. The summed E-state index contributed by atoms with van der Waals surface area (Å²) in [6.07, 6.45) is 2.47. The first kappa shape index (κ1) is 20.7. The Balaban J connectivity index is 1.29. The Kier molecular flexibility index (Phi) is 6.29. The van der Waals surface area contributed by atoms with Crippen LogP contribution < -0.4 is 10.6 Å². The van der Waals surface area contributed by atoms with Crippen molar-refractivity contribution in [2.24, 2.45) is 0 Å². The number of benzene rings is 1. The second-order valence-corrected chi connectivity index (χ2v) is 7.76. The summed E-state index contributed by atoms with van der Waals surface area (Å²) in [6.45, 7) is 6.75. The Labute approximate surface area is 174 Å². The van der Waals surface area contributed by atoms with E-state index in [1.807, 2.05) is 0 Å². The molecule has 2 aliphatic rings. The number of aromatic nitrogens is 2. The Morgan fingerprint density at radius 2 is 2.10 bits per heavy atom. The maximum atomic E-state index is 13.7. The minimum absolute atomic E-state index is 0.0108. The van der Waals surface area contributed by atoms with E-state index >= 15 is 0 Å². The van der Waals surface area contributed by atoms with E-state index in [1.54, 1.807) is 0 Å². The molecule has 9 heteroatoms. The summed E-state index contributed by atoms with van der Waals surface area (Å²) in [6, 6.07) is 2.44. The number of halogens is 2. The minimum atomic E-state index is -0.666. The lowest BCUT2D eigenvalue weighted by molar-refractivity contribution is 0.107. The summed E-state index contributed by atoms with van der Waals surface area (Å²) < 4.78 is 34.6. The number of rotatable bonds is 5. The molecule has 0 spiro atoms. The van der Waals surface area contributed by atoms with Gasteiger partial charge in [0.25, 0.3) is 0 Å². The third-order valence-corrected chi connectivity index (χ3v) is 5.75. The highest BCUT2D eigenvalue weighted by Gasteiger charge is 2.25. The number of nitrogens with one attached hydrogen (secondary N) is 2. The van der Waals surface area contributed by atoms with Crippen molar-refractivity contribution in [1.29, 1.82) is 0 Å². The van der Waals surface area contributed by atoms with Gasteiger partial charge in [-0.15, -0.1) is 0 Å². The summed E-state index contributed by atoms with van der Waals surface area (Å²) >= 11 is 0. The zero-order valence-electron chi connectivity index (χ0n) is 17.1. The van der Waals surface area contributed by atoms with Gasteiger partial charge in [-0.2, -0.15) is 5.10 Å².